The molecule has 102 valence electrons. The van der Waals surface area contributed by atoms with E-state index in [2.05, 4.69) is 36.1 Å². The van der Waals surface area contributed by atoms with Gasteiger partial charge in [-0.2, -0.15) is 4.98 Å². The lowest BCUT2D eigenvalue weighted by molar-refractivity contribution is 0.898. The van der Waals surface area contributed by atoms with Crippen molar-refractivity contribution >= 4 is 50.6 Å². The number of halogens is 2. The summed E-state index contributed by atoms with van der Waals surface area (Å²) in [5, 5.41) is 3.11. The molecule has 0 aliphatic heterocycles. The highest BCUT2D eigenvalue weighted by Crippen LogP contribution is 2.27. The van der Waals surface area contributed by atoms with Crippen LogP contribution >= 0.6 is 38.9 Å². The Labute approximate surface area is 130 Å². The van der Waals surface area contributed by atoms with Gasteiger partial charge in [-0.3, -0.25) is 0 Å². The second-order valence-corrected chi connectivity index (χ2v) is 6.61. The van der Waals surface area contributed by atoms with Crippen LogP contribution in [0.25, 0.3) is 0 Å². The minimum Gasteiger partial charge on any atom is -0.354 e. The first kappa shape index (κ1) is 14.6. The number of rotatable bonds is 5. The largest absolute Gasteiger partial charge is 0.354 e. The second-order valence-electron chi connectivity index (χ2n) is 3.96. The Morgan fingerprint density at radius 1 is 1.47 bits per heavy atom. The molecule has 2 aromatic heterocycles. The van der Waals surface area contributed by atoms with Gasteiger partial charge in [-0.15, -0.1) is 11.3 Å². The summed E-state index contributed by atoms with van der Waals surface area (Å²) >= 11 is 11.0. The van der Waals surface area contributed by atoms with Crippen molar-refractivity contribution in [1.82, 2.24) is 9.97 Å². The third-order valence-electron chi connectivity index (χ3n) is 2.44. The predicted molar refractivity (Wildman–Crippen MR) is 85.3 cm³/mol. The molecule has 7 heteroatoms. The number of aromatic nitrogens is 2. The zero-order valence-corrected chi connectivity index (χ0v) is 13.8. The molecule has 19 heavy (non-hydrogen) atoms. The van der Waals surface area contributed by atoms with Crippen LogP contribution in [0.5, 0.6) is 0 Å². The minimum atomic E-state index is 0.636. The van der Waals surface area contributed by atoms with Gasteiger partial charge in [0.25, 0.3) is 0 Å². The zero-order valence-electron chi connectivity index (χ0n) is 10.7. The van der Waals surface area contributed by atoms with Crippen molar-refractivity contribution in [2.24, 2.45) is 0 Å². The molecule has 0 unspecified atom stereocenters. The summed E-state index contributed by atoms with van der Waals surface area (Å²) in [5.74, 6) is 1.49. The van der Waals surface area contributed by atoms with Crippen molar-refractivity contribution in [2.75, 3.05) is 23.8 Å². The maximum atomic E-state index is 5.94. The summed E-state index contributed by atoms with van der Waals surface area (Å²) in [5.41, 5.74) is 0. The van der Waals surface area contributed by atoms with Crippen molar-refractivity contribution in [3.05, 3.63) is 32.0 Å². The van der Waals surface area contributed by atoms with Gasteiger partial charge < -0.3 is 10.2 Å². The van der Waals surface area contributed by atoms with E-state index < -0.39 is 0 Å². The van der Waals surface area contributed by atoms with E-state index in [0.717, 1.165) is 27.7 Å². The Balaban J connectivity index is 2.17. The number of thiophene rings is 1. The fraction of sp³-hybridized carbons (Fsp3) is 0.333. The molecule has 0 aliphatic carbocycles. The van der Waals surface area contributed by atoms with Crippen LogP contribution < -0.4 is 10.2 Å². The van der Waals surface area contributed by atoms with Gasteiger partial charge in [0.1, 0.15) is 5.82 Å². The summed E-state index contributed by atoms with van der Waals surface area (Å²) < 4.78 is 1.68. The molecule has 0 saturated carbocycles. The average molecular weight is 362 g/mol. The van der Waals surface area contributed by atoms with Crippen LogP contribution in [-0.2, 0) is 6.54 Å². The summed E-state index contributed by atoms with van der Waals surface area (Å²) in [6.45, 7) is 3.58. The monoisotopic (exact) mass is 360 g/mol. The maximum absolute atomic E-state index is 5.94. The molecule has 0 fully saturated rings. The summed E-state index contributed by atoms with van der Waals surface area (Å²) in [6.07, 6.45) is 1.76. The lowest BCUT2D eigenvalue weighted by atomic mass is 10.4. The van der Waals surface area contributed by atoms with Crippen molar-refractivity contribution in [1.29, 1.82) is 0 Å². The second kappa shape index (κ2) is 6.54. The van der Waals surface area contributed by atoms with Crippen molar-refractivity contribution < 1.29 is 0 Å². The molecular weight excluding hydrogens is 348 g/mol. The van der Waals surface area contributed by atoms with E-state index >= 15 is 0 Å². The van der Waals surface area contributed by atoms with Gasteiger partial charge in [-0.1, -0.05) is 11.6 Å². The van der Waals surface area contributed by atoms with E-state index in [4.69, 9.17) is 11.6 Å². The smallest absolute Gasteiger partial charge is 0.224 e. The fourth-order valence-electron chi connectivity index (χ4n) is 1.61. The van der Waals surface area contributed by atoms with Crippen LogP contribution in [-0.4, -0.2) is 23.6 Å². The van der Waals surface area contributed by atoms with E-state index in [-0.39, 0.29) is 0 Å². The maximum Gasteiger partial charge on any atom is 0.224 e. The van der Waals surface area contributed by atoms with Crippen molar-refractivity contribution in [3.63, 3.8) is 0 Å². The van der Waals surface area contributed by atoms with Gasteiger partial charge in [0.2, 0.25) is 5.95 Å². The number of nitrogens with zero attached hydrogens (tertiary/aromatic N) is 3. The highest BCUT2D eigenvalue weighted by Gasteiger charge is 2.11. The van der Waals surface area contributed by atoms with Crippen LogP contribution in [0.4, 0.5) is 11.8 Å². The quantitative estimate of drug-likeness (QED) is 0.873. The summed E-state index contributed by atoms with van der Waals surface area (Å²) in [6, 6.07) is 3.94. The van der Waals surface area contributed by atoms with Gasteiger partial charge in [-0.25, -0.2) is 4.98 Å². The van der Waals surface area contributed by atoms with Crippen LogP contribution in [0.2, 0.25) is 4.34 Å². The van der Waals surface area contributed by atoms with E-state index in [0.29, 0.717) is 5.95 Å². The van der Waals surface area contributed by atoms with E-state index in [9.17, 15) is 0 Å². The van der Waals surface area contributed by atoms with Crippen LogP contribution in [0.1, 0.15) is 11.8 Å². The normalized spacial score (nSPS) is 10.5. The standard InChI is InChI=1S/C12H14BrClN4S/c1-3-15-12-16-6-9(13)11(17-12)18(2)7-8-4-5-10(14)19-8/h4-6H,3,7H2,1-2H3,(H,15,16,17). The van der Waals surface area contributed by atoms with Crippen LogP contribution in [0.15, 0.2) is 22.8 Å². The van der Waals surface area contributed by atoms with Gasteiger partial charge >= 0.3 is 0 Å². The number of hydrogen-bond donors (Lipinski definition) is 1. The molecule has 0 aliphatic rings. The van der Waals surface area contributed by atoms with Gasteiger partial charge in [0, 0.05) is 24.7 Å². The first-order chi connectivity index (χ1) is 9.10. The van der Waals surface area contributed by atoms with Crippen molar-refractivity contribution in [2.45, 2.75) is 13.5 Å². The first-order valence-corrected chi connectivity index (χ1v) is 7.80. The number of anilines is 2. The lowest BCUT2D eigenvalue weighted by Crippen LogP contribution is -2.18. The third-order valence-corrected chi connectivity index (χ3v) is 4.22. The molecule has 0 bridgehead atoms. The molecule has 2 rings (SSSR count). The molecule has 1 N–H and O–H groups in total. The van der Waals surface area contributed by atoms with Gasteiger partial charge in [0.15, 0.2) is 0 Å². The Morgan fingerprint density at radius 2 is 2.26 bits per heavy atom. The highest BCUT2D eigenvalue weighted by molar-refractivity contribution is 9.10. The van der Waals surface area contributed by atoms with Gasteiger partial charge in [0.05, 0.1) is 15.4 Å². The predicted octanol–water partition coefficient (Wildman–Crippen LogP) is 4.02. The molecule has 0 spiro atoms. The molecule has 0 aromatic carbocycles. The third kappa shape index (κ3) is 3.81. The average Bonchev–Trinajstić information content (AvgIpc) is 2.77. The fourth-order valence-corrected chi connectivity index (χ4v) is 3.25. The molecule has 0 saturated heterocycles. The molecular formula is C12H14BrClN4S. The van der Waals surface area contributed by atoms with Crippen LogP contribution in [0, 0.1) is 0 Å². The topological polar surface area (TPSA) is 41.1 Å². The molecule has 2 aromatic rings. The zero-order chi connectivity index (χ0) is 13.8. The Hall–Kier alpha value is -0.850. The number of hydrogen-bond acceptors (Lipinski definition) is 5. The molecule has 0 atom stereocenters. The van der Waals surface area contributed by atoms with E-state index in [1.165, 1.54) is 4.88 Å². The van der Waals surface area contributed by atoms with Crippen LogP contribution in [0.3, 0.4) is 0 Å². The minimum absolute atomic E-state index is 0.636. The lowest BCUT2D eigenvalue weighted by Gasteiger charge is -2.19. The SMILES string of the molecule is CCNc1ncc(Br)c(N(C)Cc2ccc(Cl)s2)n1. The van der Waals surface area contributed by atoms with Gasteiger partial charge in [-0.05, 0) is 35.0 Å². The molecule has 2 heterocycles. The van der Waals surface area contributed by atoms with E-state index in [1.807, 2.05) is 26.1 Å². The first-order valence-electron chi connectivity index (χ1n) is 5.82. The highest BCUT2D eigenvalue weighted by atomic mass is 79.9. The number of nitrogens with one attached hydrogen (secondary N) is 1. The summed E-state index contributed by atoms with van der Waals surface area (Å²) in [4.78, 5) is 12.0. The van der Waals surface area contributed by atoms with E-state index in [1.54, 1.807) is 17.5 Å². The Morgan fingerprint density at radius 3 is 2.89 bits per heavy atom. The Kier molecular flexibility index (Phi) is 5.01. The van der Waals surface area contributed by atoms with Crippen molar-refractivity contribution in [3.8, 4) is 0 Å². The summed E-state index contributed by atoms with van der Waals surface area (Å²) in [7, 11) is 2.00. The Bertz CT molecular complexity index is 560. The molecule has 4 nitrogen and oxygen atoms in total. The molecule has 0 amide bonds. The molecule has 0 radical (unpaired) electrons.